The number of fused-ring (bicyclic) bond motifs is 1. The van der Waals surface area contributed by atoms with Crippen molar-refractivity contribution in [1.82, 2.24) is 10.9 Å². The number of hydrogen-bond donors (Lipinski definition) is 2. The van der Waals surface area contributed by atoms with Crippen LogP contribution in [0.25, 0.3) is 0 Å². The van der Waals surface area contributed by atoms with Gasteiger partial charge in [-0.15, -0.1) is 11.3 Å². The third-order valence-corrected chi connectivity index (χ3v) is 4.94. The number of hydrogen-bond acceptors (Lipinski definition) is 3. The van der Waals surface area contributed by atoms with Gasteiger partial charge in [0.1, 0.15) is 0 Å². The third kappa shape index (κ3) is 2.66. The Kier molecular flexibility index (Phi) is 3.31. The number of hydrazine groups is 1. The number of carbonyl (C=O) groups excluding carboxylic acids is 2. The molecule has 1 heterocycles. The molecule has 2 amide bonds. The van der Waals surface area contributed by atoms with Gasteiger partial charge >= 0.3 is 0 Å². The van der Waals surface area contributed by atoms with E-state index in [4.69, 9.17) is 0 Å². The smallest absolute Gasteiger partial charge is 0.270 e. The van der Waals surface area contributed by atoms with Crippen molar-refractivity contribution in [3.8, 4) is 0 Å². The Balaban J connectivity index is 1.65. The molecule has 0 radical (unpaired) electrons. The number of nitrogens with one attached hydrogen (secondary N) is 2. The van der Waals surface area contributed by atoms with Crippen LogP contribution in [0.5, 0.6) is 0 Å². The first-order chi connectivity index (χ1) is 9.15. The van der Waals surface area contributed by atoms with Gasteiger partial charge in [-0.05, 0) is 43.6 Å². The van der Waals surface area contributed by atoms with Crippen LogP contribution in [0.3, 0.4) is 0 Å². The minimum Gasteiger partial charge on any atom is -0.273 e. The lowest BCUT2D eigenvalue weighted by Crippen LogP contribution is -2.42. The van der Waals surface area contributed by atoms with E-state index in [1.165, 1.54) is 10.4 Å². The summed E-state index contributed by atoms with van der Waals surface area (Å²) in [6, 6.07) is 0. The first kappa shape index (κ1) is 12.7. The molecule has 4 nitrogen and oxygen atoms in total. The summed E-state index contributed by atoms with van der Waals surface area (Å²) in [5, 5.41) is 1.92. The number of amides is 2. The molecule has 1 aromatic heterocycles. The first-order valence-electron chi connectivity index (χ1n) is 6.84. The summed E-state index contributed by atoms with van der Waals surface area (Å²) in [5.74, 6) is 0.571. The summed E-state index contributed by atoms with van der Waals surface area (Å²) in [6.07, 6.45) is 5.06. The molecule has 2 aliphatic rings. The maximum Gasteiger partial charge on any atom is 0.270 e. The van der Waals surface area contributed by atoms with Crippen molar-refractivity contribution < 1.29 is 9.59 Å². The molecule has 19 heavy (non-hydrogen) atoms. The summed E-state index contributed by atoms with van der Waals surface area (Å²) < 4.78 is 0. The highest BCUT2D eigenvalue weighted by molar-refractivity contribution is 7.10. The van der Waals surface area contributed by atoms with Gasteiger partial charge in [0.2, 0.25) is 5.91 Å². The van der Waals surface area contributed by atoms with E-state index in [1.54, 1.807) is 11.3 Å². The molecule has 0 bridgehead atoms. The molecular formula is C14H18N2O2S. The zero-order chi connectivity index (χ0) is 13.4. The molecule has 2 aliphatic carbocycles. The van der Waals surface area contributed by atoms with Crippen molar-refractivity contribution in [3.63, 3.8) is 0 Å². The standard InChI is InChI=1S/C14H18N2O2S/c1-8-2-5-10-11(7-19-12(10)6-8)14(18)16-15-13(17)9-3-4-9/h7-9H,2-6H2,1H3,(H,15,17)(H,16,18). The fourth-order valence-electron chi connectivity index (χ4n) is 2.50. The Hall–Kier alpha value is -1.36. The number of rotatable bonds is 2. The lowest BCUT2D eigenvalue weighted by atomic mass is 9.88. The van der Waals surface area contributed by atoms with Gasteiger partial charge in [-0.3, -0.25) is 20.4 Å². The largest absolute Gasteiger partial charge is 0.273 e. The minimum absolute atomic E-state index is 0.0638. The molecule has 2 N–H and O–H groups in total. The molecule has 3 rings (SSSR count). The zero-order valence-electron chi connectivity index (χ0n) is 11.0. The minimum atomic E-state index is -0.180. The van der Waals surface area contributed by atoms with Crippen LogP contribution in [0.4, 0.5) is 0 Å². The van der Waals surface area contributed by atoms with Crippen LogP contribution in [-0.4, -0.2) is 11.8 Å². The molecule has 5 heteroatoms. The first-order valence-corrected chi connectivity index (χ1v) is 7.72. The average Bonchev–Trinajstić information content (AvgIpc) is 3.16. The highest BCUT2D eigenvalue weighted by atomic mass is 32.1. The van der Waals surface area contributed by atoms with E-state index < -0.39 is 0 Å². The zero-order valence-corrected chi connectivity index (χ0v) is 11.8. The monoisotopic (exact) mass is 278 g/mol. The number of thiophene rings is 1. The van der Waals surface area contributed by atoms with Gasteiger partial charge in [0.05, 0.1) is 5.56 Å². The molecule has 1 aromatic rings. The average molecular weight is 278 g/mol. The van der Waals surface area contributed by atoms with Gasteiger partial charge in [0, 0.05) is 16.2 Å². The van der Waals surface area contributed by atoms with Crippen molar-refractivity contribution >= 4 is 23.2 Å². The van der Waals surface area contributed by atoms with E-state index in [0.717, 1.165) is 37.7 Å². The second kappa shape index (κ2) is 4.96. The van der Waals surface area contributed by atoms with E-state index in [0.29, 0.717) is 5.92 Å². The quantitative estimate of drug-likeness (QED) is 0.813. The van der Waals surface area contributed by atoms with Crippen LogP contribution >= 0.6 is 11.3 Å². The molecule has 0 saturated heterocycles. The summed E-state index contributed by atoms with van der Waals surface area (Å²) in [4.78, 5) is 24.9. The fraction of sp³-hybridized carbons (Fsp3) is 0.571. The van der Waals surface area contributed by atoms with Gasteiger partial charge in [0.15, 0.2) is 0 Å². The second-order valence-corrected chi connectivity index (χ2v) is 6.58. The highest BCUT2D eigenvalue weighted by Crippen LogP contribution is 2.32. The molecule has 1 fully saturated rings. The Morgan fingerprint density at radius 3 is 2.79 bits per heavy atom. The van der Waals surface area contributed by atoms with Crippen LogP contribution in [0.15, 0.2) is 5.38 Å². The van der Waals surface area contributed by atoms with Crippen LogP contribution in [0.2, 0.25) is 0 Å². The lowest BCUT2D eigenvalue weighted by Gasteiger charge is -2.18. The van der Waals surface area contributed by atoms with Crippen LogP contribution < -0.4 is 10.9 Å². The van der Waals surface area contributed by atoms with Crippen molar-refractivity contribution in [3.05, 3.63) is 21.4 Å². The van der Waals surface area contributed by atoms with Crippen LogP contribution in [0.1, 0.15) is 47.0 Å². The van der Waals surface area contributed by atoms with E-state index in [2.05, 4.69) is 17.8 Å². The maximum atomic E-state index is 12.1. The highest BCUT2D eigenvalue weighted by Gasteiger charge is 2.30. The maximum absolute atomic E-state index is 12.1. The van der Waals surface area contributed by atoms with Crippen molar-refractivity contribution in [2.45, 2.75) is 39.0 Å². The van der Waals surface area contributed by atoms with E-state index in [1.807, 2.05) is 5.38 Å². The normalized spacial score (nSPS) is 21.6. The van der Waals surface area contributed by atoms with Crippen LogP contribution in [0, 0.1) is 11.8 Å². The van der Waals surface area contributed by atoms with E-state index in [-0.39, 0.29) is 17.7 Å². The van der Waals surface area contributed by atoms with Gasteiger partial charge in [0.25, 0.3) is 5.91 Å². The molecule has 1 atom stereocenters. The van der Waals surface area contributed by atoms with Crippen molar-refractivity contribution in [2.75, 3.05) is 0 Å². The summed E-state index contributed by atoms with van der Waals surface area (Å²) in [6.45, 7) is 2.25. The third-order valence-electron chi connectivity index (χ3n) is 3.89. The lowest BCUT2D eigenvalue weighted by molar-refractivity contribution is -0.123. The summed E-state index contributed by atoms with van der Waals surface area (Å²) in [7, 11) is 0. The Labute approximate surface area is 116 Å². The molecule has 1 saturated carbocycles. The van der Waals surface area contributed by atoms with Crippen molar-refractivity contribution in [1.29, 1.82) is 0 Å². The molecule has 102 valence electrons. The number of carbonyl (C=O) groups is 2. The molecule has 0 aromatic carbocycles. The summed E-state index contributed by atoms with van der Waals surface area (Å²) >= 11 is 1.66. The van der Waals surface area contributed by atoms with Gasteiger partial charge < -0.3 is 0 Å². The topological polar surface area (TPSA) is 58.2 Å². The fourth-order valence-corrected chi connectivity index (χ4v) is 3.75. The Morgan fingerprint density at radius 2 is 2.05 bits per heavy atom. The SMILES string of the molecule is CC1CCc2c(C(=O)NNC(=O)C3CC3)csc2C1. The van der Waals surface area contributed by atoms with Gasteiger partial charge in [-0.2, -0.15) is 0 Å². The summed E-state index contributed by atoms with van der Waals surface area (Å²) in [5.41, 5.74) is 6.97. The molecule has 1 unspecified atom stereocenters. The Morgan fingerprint density at radius 1 is 1.26 bits per heavy atom. The molecular weight excluding hydrogens is 260 g/mol. The second-order valence-electron chi connectivity index (χ2n) is 5.62. The van der Waals surface area contributed by atoms with Gasteiger partial charge in [-0.1, -0.05) is 6.92 Å². The predicted molar refractivity (Wildman–Crippen MR) is 73.8 cm³/mol. The van der Waals surface area contributed by atoms with E-state index in [9.17, 15) is 9.59 Å². The van der Waals surface area contributed by atoms with E-state index >= 15 is 0 Å². The predicted octanol–water partition coefficient (Wildman–Crippen LogP) is 2.04. The molecule has 0 spiro atoms. The van der Waals surface area contributed by atoms with Gasteiger partial charge in [-0.25, -0.2) is 0 Å². The van der Waals surface area contributed by atoms with Crippen LogP contribution in [-0.2, 0) is 17.6 Å². The Bertz CT molecular complexity index is 520. The van der Waals surface area contributed by atoms with Crippen molar-refractivity contribution in [2.24, 2.45) is 11.8 Å². The molecule has 0 aliphatic heterocycles.